The molecule has 1 aromatic heterocycles. The van der Waals surface area contributed by atoms with Crippen molar-refractivity contribution in [3.05, 3.63) is 18.6 Å². The van der Waals surface area contributed by atoms with E-state index < -0.39 is 0 Å². The van der Waals surface area contributed by atoms with Gasteiger partial charge in [0.25, 0.3) is 0 Å². The monoisotopic (exact) mass is 224 g/mol. The lowest BCUT2D eigenvalue weighted by atomic mass is 10.1. The smallest absolute Gasteiger partial charge is 0.157 e. The summed E-state index contributed by atoms with van der Waals surface area (Å²) in [6.07, 6.45) is 14.0. The largest absolute Gasteiger partial charge is 0.490 e. The number of hydrogen-bond acceptors (Lipinski definition) is 2. The molecular formula is C14H24O2. The topological polar surface area (TPSA) is 22.4 Å². The van der Waals surface area contributed by atoms with E-state index in [-0.39, 0.29) is 0 Å². The summed E-state index contributed by atoms with van der Waals surface area (Å²) >= 11 is 0. The third-order valence-electron chi connectivity index (χ3n) is 2.76. The second-order valence-electron chi connectivity index (χ2n) is 4.28. The highest BCUT2D eigenvalue weighted by Crippen LogP contribution is 2.12. The minimum absolute atomic E-state index is 0.814. The Labute approximate surface area is 99.0 Å². The summed E-state index contributed by atoms with van der Waals surface area (Å²) in [5, 5.41) is 0. The lowest BCUT2D eigenvalue weighted by Gasteiger charge is -2.03. The summed E-state index contributed by atoms with van der Waals surface area (Å²) in [5.74, 6) is 0.850. The van der Waals surface area contributed by atoms with Gasteiger partial charge in [-0.3, -0.25) is 0 Å². The van der Waals surface area contributed by atoms with E-state index in [0.29, 0.717) is 0 Å². The van der Waals surface area contributed by atoms with Crippen LogP contribution in [0.1, 0.15) is 58.3 Å². The van der Waals surface area contributed by atoms with Gasteiger partial charge in [0, 0.05) is 6.07 Å². The summed E-state index contributed by atoms with van der Waals surface area (Å²) in [7, 11) is 0. The highest BCUT2D eigenvalue weighted by atomic mass is 16.5. The first-order valence-electron chi connectivity index (χ1n) is 6.58. The van der Waals surface area contributed by atoms with Crippen LogP contribution in [0.2, 0.25) is 0 Å². The maximum atomic E-state index is 5.50. The molecule has 92 valence electrons. The van der Waals surface area contributed by atoms with E-state index in [1.807, 2.05) is 6.07 Å². The molecule has 0 unspecified atom stereocenters. The molecule has 0 aliphatic carbocycles. The molecule has 0 amide bonds. The van der Waals surface area contributed by atoms with Crippen LogP contribution in [-0.2, 0) is 0 Å². The van der Waals surface area contributed by atoms with Gasteiger partial charge in [-0.15, -0.1) is 0 Å². The third-order valence-corrected chi connectivity index (χ3v) is 2.76. The second-order valence-corrected chi connectivity index (χ2v) is 4.28. The van der Waals surface area contributed by atoms with Gasteiger partial charge < -0.3 is 9.15 Å². The van der Waals surface area contributed by atoms with Crippen molar-refractivity contribution in [1.82, 2.24) is 0 Å². The molecule has 1 aromatic rings. The zero-order valence-corrected chi connectivity index (χ0v) is 10.4. The Morgan fingerprint density at radius 3 is 2.31 bits per heavy atom. The van der Waals surface area contributed by atoms with Crippen molar-refractivity contribution in [2.45, 2.75) is 58.3 Å². The Kier molecular flexibility index (Phi) is 7.65. The first kappa shape index (κ1) is 13.1. The fraction of sp³-hybridized carbons (Fsp3) is 0.714. The van der Waals surface area contributed by atoms with Gasteiger partial charge in [0.2, 0.25) is 0 Å². The molecule has 0 spiro atoms. The van der Waals surface area contributed by atoms with Crippen LogP contribution in [0.15, 0.2) is 23.0 Å². The van der Waals surface area contributed by atoms with Crippen molar-refractivity contribution in [2.75, 3.05) is 6.61 Å². The van der Waals surface area contributed by atoms with E-state index in [9.17, 15) is 0 Å². The zero-order valence-electron chi connectivity index (χ0n) is 10.4. The van der Waals surface area contributed by atoms with Crippen LogP contribution in [0.25, 0.3) is 0 Å². The summed E-state index contributed by atoms with van der Waals surface area (Å²) in [4.78, 5) is 0. The van der Waals surface area contributed by atoms with Gasteiger partial charge in [-0.25, -0.2) is 0 Å². The number of unbranched alkanes of at least 4 members (excludes halogenated alkanes) is 7. The summed E-state index contributed by atoms with van der Waals surface area (Å²) in [6.45, 7) is 3.07. The number of hydrogen-bond donors (Lipinski definition) is 0. The number of ether oxygens (including phenoxy) is 1. The molecule has 0 saturated carbocycles. The Balaban J connectivity index is 1.78. The van der Waals surface area contributed by atoms with Gasteiger partial charge in [0.1, 0.15) is 6.26 Å². The van der Waals surface area contributed by atoms with Gasteiger partial charge in [-0.1, -0.05) is 51.9 Å². The third kappa shape index (κ3) is 6.54. The van der Waals surface area contributed by atoms with Crippen molar-refractivity contribution in [2.24, 2.45) is 0 Å². The predicted molar refractivity (Wildman–Crippen MR) is 66.8 cm³/mol. The van der Waals surface area contributed by atoms with E-state index in [4.69, 9.17) is 9.15 Å². The molecule has 0 fully saturated rings. The van der Waals surface area contributed by atoms with Gasteiger partial charge in [0.15, 0.2) is 5.75 Å². The van der Waals surface area contributed by atoms with Crippen molar-refractivity contribution < 1.29 is 9.15 Å². The number of rotatable bonds is 10. The van der Waals surface area contributed by atoms with Gasteiger partial charge in [0.05, 0.1) is 12.9 Å². The molecule has 0 atom stereocenters. The lowest BCUT2D eigenvalue weighted by Crippen LogP contribution is -1.95. The molecule has 0 radical (unpaired) electrons. The molecule has 0 aliphatic rings. The first-order chi connectivity index (χ1) is 7.93. The van der Waals surface area contributed by atoms with Crippen LogP contribution < -0.4 is 4.74 Å². The van der Waals surface area contributed by atoms with Crippen molar-refractivity contribution in [1.29, 1.82) is 0 Å². The molecule has 0 aliphatic heterocycles. The number of furan rings is 1. The molecular weight excluding hydrogens is 200 g/mol. The van der Waals surface area contributed by atoms with E-state index in [2.05, 4.69) is 6.92 Å². The van der Waals surface area contributed by atoms with Crippen LogP contribution in [0.3, 0.4) is 0 Å². The van der Waals surface area contributed by atoms with E-state index in [0.717, 1.165) is 18.8 Å². The molecule has 0 aromatic carbocycles. The zero-order chi connectivity index (χ0) is 11.5. The van der Waals surface area contributed by atoms with Crippen molar-refractivity contribution in [3.8, 4) is 5.75 Å². The predicted octanol–water partition coefficient (Wildman–Crippen LogP) is 4.80. The SMILES string of the molecule is CCCCCCCCCCOc1ccoc1. The van der Waals surface area contributed by atoms with E-state index in [1.54, 1.807) is 12.5 Å². The van der Waals surface area contributed by atoms with Crippen molar-refractivity contribution in [3.63, 3.8) is 0 Å². The van der Waals surface area contributed by atoms with Crippen LogP contribution in [0.4, 0.5) is 0 Å². The summed E-state index contributed by atoms with van der Waals surface area (Å²) in [5.41, 5.74) is 0. The average Bonchev–Trinajstić information content (AvgIpc) is 2.80. The molecule has 1 heterocycles. The summed E-state index contributed by atoms with van der Waals surface area (Å²) in [6, 6.07) is 1.85. The Bertz CT molecular complexity index is 229. The standard InChI is InChI=1S/C14H24O2/c1-2-3-4-5-6-7-8-9-11-16-14-10-12-15-13-14/h10,12-13H,2-9,11H2,1H3. The maximum absolute atomic E-state index is 5.50. The normalized spacial score (nSPS) is 10.6. The van der Waals surface area contributed by atoms with E-state index >= 15 is 0 Å². The molecule has 0 bridgehead atoms. The molecule has 1 rings (SSSR count). The fourth-order valence-electron chi connectivity index (χ4n) is 1.76. The van der Waals surface area contributed by atoms with Crippen LogP contribution in [-0.4, -0.2) is 6.61 Å². The van der Waals surface area contributed by atoms with Gasteiger partial charge >= 0.3 is 0 Å². The Morgan fingerprint density at radius 2 is 1.69 bits per heavy atom. The lowest BCUT2D eigenvalue weighted by molar-refractivity contribution is 0.301. The Hall–Kier alpha value is -0.920. The quantitative estimate of drug-likeness (QED) is 0.533. The van der Waals surface area contributed by atoms with E-state index in [1.165, 1.54) is 44.9 Å². The highest BCUT2D eigenvalue weighted by molar-refractivity contribution is 5.12. The molecule has 0 saturated heterocycles. The average molecular weight is 224 g/mol. The minimum Gasteiger partial charge on any atom is -0.490 e. The molecule has 16 heavy (non-hydrogen) atoms. The summed E-state index contributed by atoms with van der Waals surface area (Å²) < 4.78 is 10.4. The van der Waals surface area contributed by atoms with Gasteiger partial charge in [-0.05, 0) is 6.42 Å². The van der Waals surface area contributed by atoms with Crippen LogP contribution >= 0.6 is 0 Å². The Morgan fingerprint density at radius 1 is 1.00 bits per heavy atom. The van der Waals surface area contributed by atoms with Crippen LogP contribution in [0.5, 0.6) is 5.75 Å². The van der Waals surface area contributed by atoms with Gasteiger partial charge in [-0.2, -0.15) is 0 Å². The fourth-order valence-corrected chi connectivity index (χ4v) is 1.76. The second kappa shape index (κ2) is 9.32. The molecule has 2 nitrogen and oxygen atoms in total. The van der Waals surface area contributed by atoms with Crippen molar-refractivity contribution >= 4 is 0 Å². The first-order valence-corrected chi connectivity index (χ1v) is 6.58. The molecule has 0 N–H and O–H groups in total. The maximum Gasteiger partial charge on any atom is 0.157 e. The molecule has 2 heteroatoms. The minimum atomic E-state index is 0.814. The highest BCUT2D eigenvalue weighted by Gasteiger charge is 1.95. The van der Waals surface area contributed by atoms with Crippen LogP contribution in [0, 0.1) is 0 Å².